The molecule has 2 heterocycles. The average molecular weight is 449 g/mol. The zero-order valence-electron chi connectivity index (χ0n) is 17.6. The standard InChI is InChI=1S/C24H21ClN4O3/c1-24(2)12-19-22(20(30)13-24)23(15-3-7-16(25)8-4-15)28-21(26-19)11-18(27-28)14-5-9-17(10-6-14)29(31)32/h3-11,23,26H,12-13H2,1-2H3/t23-/m0/s1. The van der Waals surface area contributed by atoms with Crippen molar-refractivity contribution in [3.63, 3.8) is 0 Å². The van der Waals surface area contributed by atoms with Gasteiger partial charge < -0.3 is 5.32 Å². The molecule has 162 valence electrons. The topological polar surface area (TPSA) is 90.1 Å². The minimum Gasteiger partial charge on any atom is -0.343 e. The third-order valence-electron chi connectivity index (χ3n) is 6.01. The fourth-order valence-corrected chi connectivity index (χ4v) is 4.70. The Kier molecular flexibility index (Phi) is 4.67. The second-order valence-electron chi connectivity index (χ2n) is 9.08. The summed E-state index contributed by atoms with van der Waals surface area (Å²) in [5.74, 6) is 0.893. The van der Waals surface area contributed by atoms with Crippen LogP contribution in [-0.4, -0.2) is 20.5 Å². The van der Waals surface area contributed by atoms with Crippen LogP contribution in [0, 0.1) is 15.5 Å². The molecule has 1 atom stereocenters. The Hall–Kier alpha value is -3.45. The van der Waals surface area contributed by atoms with Crippen LogP contribution in [-0.2, 0) is 4.79 Å². The van der Waals surface area contributed by atoms with Crippen molar-refractivity contribution in [1.82, 2.24) is 9.78 Å². The Morgan fingerprint density at radius 1 is 1.12 bits per heavy atom. The van der Waals surface area contributed by atoms with Crippen molar-refractivity contribution in [2.45, 2.75) is 32.7 Å². The monoisotopic (exact) mass is 448 g/mol. The maximum Gasteiger partial charge on any atom is 0.269 e. The van der Waals surface area contributed by atoms with E-state index in [4.69, 9.17) is 16.7 Å². The van der Waals surface area contributed by atoms with Gasteiger partial charge in [-0.2, -0.15) is 5.10 Å². The zero-order chi connectivity index (χ0) is 22.6. The molecule has 32 heavy (non-hydrogen) atoms. The summed E-state index contributed by atoms with van der Waals surface area (Å²) in [6.07, 6.45) is 1.24. The maximum absolute atomic E-state index is 13.3. The number of hydrogen-bond acceptors (Lipinski definition) is 5. The minimum absolute atomic E-state index is 0.0276. The van der Waals surface area contributed by atoms with E-state index in [1.165, 1.54) is 12.1 Å². The van der Waals surface area contributed by atoms with Crippen LogP contribution in [0.15, 0.2) is 65.9 Å². The fourth-order valence-electron chi connectivity index (χ4n) is 4.57. The van der Waals surface area contributed by atoms with Gasteiger partial charge in [-0.05, 0) is 41.7 Å². The highest BCUT2D eigenvalue weighted by Gasteiger charge is 2.41. The third-order valence-corrected chi connectivity index (χ3v) is 6.26. The van der Waals surface area contributed by atoms with Gasteiger partial charge in [-0.15, -0.1) is 0 Å². The average Bonchev–Trinajstić information content (AvgIpc) is 3.16. The van der Waals surface area contributed by atoms with Crippen molar-refractivity contribution in [1.29, 1.82) is 0 Å². The predicted molar refractivity (Wildman–Crippen MR) is 123 cm³/mol. The predicted octanol–water partition coefficient (Wildman–Crippen LogP) is 5.77. The highest BCUT2D eigenvalue weighted by molar-refractivity contribution is 6.30. The van der Waals surface area contributed by atoms with E-state index in [0.717, 1.165) is 34.6 Å². The first-order chi connectivity index (χ1) is 15.2. The molecule has 3 aromatic rings. The Bertz CT molecular complexity index is 1270. The quantitative estimate of drug-likeness (QED) is 0.405. The molecule has 2 aliphatic rings. The van der Waals surface area contributed by atoms with E-state index in [9.17, 15) is 14.9 Å². The summed E-state index contributed by atoms with van der Waals surface area (Å²) in [7, 11) is 0. The molecule has 1 aliphatic carbocycles. The molecular formula is C24H21ClN4O3. The fraction of sp³-hybridized carbons (Fsp3) is 0.250. The lowest BCUT2D eigenvalue weighted by Gasteiger charge is -2.38. The molecule has 1 aromatic heterocycles. The van der Waals surface area contributed by atoms with E-state index in [2.05, 4.69) is 19.2 Å². The number of non-ortho nitro benzene ring substituents is 1. The molecular weight excluding hydrogens is 428 g/mol. The van der Waals surface area contributed by atoms with Crippen LogP contribution in [0.4, 0.5) is 11.5 Å². The Labute approximate surface area is 189 Å². The summed E-state index contributed by atoms with van der Waals surface area (Å²) in [6.45, 7) is 4.20. The molecule has 5 rings (SSSR count). The maximum atomic E-state index is 13.3. The zero-order valence-corrected chi connectivity index (χ0v) is 18.4. The lowest BCUT2D eigenvalue weighted by atomic mass is 9.73. The Morgan fingerprint density at radius 2 is 1.81 bits per heavy atom. The van der Waals surface area contributed by atoms with Crippen molar-refractivity contribution in [2.75, 3.05) is 5.32 Å². The molecule has 0 bridgehead atoms. The number of ketones is 1. The Balaban J connectivity index is 1.63. The summed E-state index contributed by atoms with van der Waals surface area (Å²) in [4.78, 5) is 23.8. The van der Waals surface area contributed by atoms with Crippen LogP contribution < -0.4 is 5.32 Å². The summed E-state index contributed by atoms with van der Waals surface area (Å²) in [5.41, 5.74) is 3.92. The van der Waals surface area contributed by atoms with Crippen LogP contribution in [0.25, 0.3) is 11.3 Å². The molecule has 0 saturated carbocycles. The number of nitrogens with one attached hydrogen (secondary N) is 1. The minimum atomic E-state index is -0.425. The summed E-state index contributed by atoms with van der Waals surface area (Å²) < 4.78 is 1.83. The van der Waals surface area contributed by atoms with Crippen LogP contribution in [0.3, 0.4) is 0 Å². The van der Waals surface area contributed by atoms with Gasteiger partial charge >= 0.3 is 0 Å². The smallest absolute Gasteiger partial charge is 0.269 e. The van der Waals surface area contributed by atoms with Crippen LogP contribution in [0.1, 0.15) is 38.3 Å². The number of benzene rings is 2. The number of nitro benzene ring substituents is 1. The number of nitro groups is 1. The first kappa shape index (κ1) is 20.5. The van der Waals surface area contributed by atoms with E-state index in [-0.39, 0.29) is 22.9 Å². The summed E-state index contributed by atoms with van der Waals surface area (Å²) in [6, 6.07) is 15.3. The number of rotatable bonds is 3. The van der Waals surface area contributed by atoms with Crippen molar-refractivity contribution >= 4 is 28.9 Å². The molecule has 0 fully saturated rings. The number of fused-ring (bicyclic) bond motifs is 1. The number of carbonyl (C=O) groups is 1. The van der Waals surface area contributed by atoms with Gasteiger partial charge in [-0.1, -0.05) is 37.6 Å². The number of halogens is 1. The second-order valence-corrected chi connectivity index (χ2v) is 9.51. The van der Waals surface area contributed by atoms with Crippen molar-refractivity contribution in [2.24, 2.45) is 5.41 Å². The van der Waals surface area contributed by atoms with Gasteiger partial charge in [0.25, 0.3) is 5.69 Å². The number of allylic oxidation sites excluding steroid dienone is 2. The molecule has 0 radical (unpaired) electrons. The van der Waals surface area contributed by atoms with Crippen LogP contribution in [0.5, 0.6) is 0 Å². The van der Waals surface area contributed by atoms with Crippen LogP contribution in [0.2, 0.25) is 5.02 Å². The molecule has 7 nitrogen and oxygen atoms in total. The van der Waals surface area contributed by atoms with Crippen molar-refractivity contribution in [3.8, 4) is 11.3 Å². The highest BCUT2D eigenvalue weighted by atomic mass is 35.5. The molecule has 0 spiro atoms. The lowest BCUT2D eigenvalue weighted by Crippen LogP contribution is -2.36. The number of carbonyl (C=O) groups excluding carboxylic acids is 1. The first-order valence-electron chi connectivity index (χ1n) is 10.3. The van der Waals surface area contributed by atoms with E-state index in [1.54, 1.807) is 12.1 Å². The molecule has 1 N–H and O–H groups in total. The van der Waals surface area contributed by atoms with Gasteiger partial charge in [-0.25, -0.2) is 4.68 Å². The van der Waals surface area contributed by atoms with Gasteiger partial charge in [0.2, 0.25) is 0 Å². The summed E-state index contributed by atoms with van der Waals surface area (Å²) in [5, 5.41) is 19.9. The van der Waals surface area contributed by atoms with Gasteiger partial charge in [0.1, 0.15) is 11.9 Å². The SMILES string of the molecule is CC1(C)CC(=O)C2=C(C1)Nc1cc(-c3ccc([N+](=O)[O-])cc3)nn1[C@H]2c1ccc(Cl)cc1. The van der Waals surface area contributed by atoms with E-state index >= 15 is 0 Å². The second kappa shape index (κ2) is 7.31. The van der Waals surface area contributed by atoms with Crippen molar-refractivity contribution in [3.05, 3.63) is 86.6 Å². The third kappa shape index (κ3) is 3.48. The number of hydrogen-bond donors (Lipinski definition) is 1. The molecule has 0 amide bonds. The number of aromatic nitrogens is 2. The number of nitrogens with zero attached hydrogens (tertiary/aromatic N) is 3. The van der Waals surface area contributed by atoms with E-state index in [0.29, 0.717) is 17.1 Å². The van der Waals surface area contributed by atoms with Gasteiger partial charge in [0, 0.05) is 46.5 Å². The lowest BCUT2D eigenvalue weighted by molar-refractivity contribution is -0.384. The molecule has 0 saturated heterocycles. The Morgan fingerprint density at radius 3 is 2.47 bits per heavy atom. The molecule has 2 aromatic carbocycles. The number of Topliss-reactive ketones (excluding diaryl/α,β-unsaturated/α-hetero) is 1. The van der Waals surface area contributed by atoms with Gasteiger partial charge in [0.05, 0.1) is 10.6 Å². The van der Waals surface area contributed by atoms with Crippen molar-refractivity contribution < 1.29 is 9.72 Å². The van der Waals surface area contributed by atoms with Crippen LogP contribution >= 0.6 is 11.6 Å². The van der Waals surface area contributed by atoms with E-state index in [1.807, 2.05) is 35.0 Å². The largest absolute Gasteiger partial charge is 0.343 e. The number of anilines is 1. The normalized spacial score (nSPS) is 19.2. The van der Waals surface area contributed by atoms with Gasteiger partial charge in [0.15, 0.2) is 5.78 Å². The van der Waals surface area contributed by atoms with Gasteiger partial charge in [-0.3, -0.25) is 14.9 Å². The molecule has 1 aliphatic heterocycles. The molecule has 0 unspecified atom stereocenters. The van der Waals surface area contributed by atoms with E-state index < -0.39 is 4.92 Å². The summed E-state index contributed by atoms with van der Waals surface area (Å²) >= 11 is 6.11. The first-order valence-corrected chi connectivity index (χ1v) is 10.7. The molecule has 8 heteroatoms. The highest BCUT2D eigenvalue weighted by Crippen LogP contribution is 2.46.